The summed E-state index contributed by atoms with van der Waals surface area (Å²) in [5.41, 5.74) is 5.46. The van der Waals surface area contributed by atoms with Crippen molar-refractivity contribution < 1.29 is 9.21 Å². The summed E-state index contributed by atoms with van der Waals surface area (Å²) in [4.78, 5) is 14.2. The monoisotopic (exact) mass is 254 g/mol. The zero-order valence-corrected chi connectivity index (χ0v) is 11.0. The summed E-state index contributed by atoms with van der Waals surface area (Å²) in [5, 5.41) is 0. The van der Waals surface area contributed by atoms with Gasteiger partial charge >= 0.3 is 0 Å². The van der Waals surface area contributed by atoms with E-state index < -0.39 is 0 Å². The normalized spacial score (nSPS) is 10.5. The summed E-state index contributed by atoms with van der Waals surface area (Å²) in [6.07, 6.45) is 2.03. The quantitative estimate of drug-likeness (QED) is 0.789. The molecule has 0 fully saturated rings. The van der Waals surface area contributed by atoms with E-state index in [0.29, 0.717) is 36.2 Å². The van der Waals surface area contributed by atoms with Crippen molar-refractivity contribution in [2.24, 2.45) is 11.7 Å². The molecule has 0 unspecified atom stereocenters. The molecule has 4 nitrogen and oxygen atoms in total. The molecule has 0 atom stereocenters. The highest BCUT2D eigenvalue weighted by molar-refractivity contribution is 7.80. The molecule has 1 aromatic heterocycles. The Kier molecular flexibility index (Phi) is 5.15. The molecule has 0 radical (unpaired) electrons. The zero-order valence-electron chi connectivity index (χ0n) is 10.2. The van der Waals surface area contributed by atoms with E-state index in [0.717, 1.165) is 0 Å². The van der Waals surface area contributed by atoms with Gasteiger partial charge in [0.15, 0.2) is 5.76 Å². The minimum Gasteiger partial charge on any atom is -0.459 e. The average molecular weight is 254 g/mol. The first-order chi connectivity index (χ1) is 8.00. The van der Waals surface area contributed by atoms with Crippen LogP contribution in [0.2, 0.25) is 0 Å². The smallest absolute Gasteiger partial charge is 0.289 e. The second-order valence-electron chi connectivity index (χ2n) is 4.34. The molecule has 0 saturated carbocycles. The van der Waals surface area contributed by atoms with Crippen molar-refractivity contribution in [1.29, 1.82) is 0 Å². The second kappa shape index (κ2) is 6.39. The Balaban J connectivity index is 2.68. The lowest BCUT2D eigenvalue weighted by Gasteiger charge is -2.23. The third-order valence-electron chi connectivity index (χ3n) is 2.23. The number of furan rings is 1. The summed E-state index contributed by atoms with van der Waals surface area (Å²) in [6, 6.07) is 3.37. The maximum absolute atomic E-state index is 12.1. The van der Waals surface area contributed by atoms with Gasteiger partial charge in [-0.25, -0.2) is 0 Å². The fraction of sp³-hybridized carbons (Fsp3) is 0.500. The van der Waals surface area contributed by atoms with E-state index >= 15 is 0 Å². The highest BCUT2D eigenvalue weighted by atomic mass is 32.1. The number of hydrogen-bond donors (Lipinski definition) is 1. The Labute approximate surface area is 107 Å². The van der Waals surface area contributed by atoms with E-state index in [9.17, 15) is 4.79 Å². The molecule has 0 spiro atoms. The number of thiocarbonyl (C=S) groups is 1. The summed E-state index contributed by atoms with van der Waals surface area (Å²) >= 11 is 4.83. The van der Waals surface area contributed by atoms with Crippen LogP contribution in [-0.2, 0) is 0 Å². The van der Waals surface area contributed by atoms with Crippen molar-refractivity contribution in [3.05, 3.63) is 24.2 Å². The Morgan fingerprint density at radius 1 is 1.59 bits per heavy atom. The van der Waals surface area contributed by atoms with E-state index in [1.54, 1.807) is 17.0 Å². The van der Waals surface area contributed by atoms with E-state index in [2.05, 4.69) is 13.8 Å². The molecule has 17 heavy (non-hydrogen) atoms. The largest absolute Gasteiger partial charge is 0.459 e. The molecule has 2 N–H and O–H groups in total. The van der Waals surface area contributed by atoms with Gasteiger partial charge in [0.25, 0.3) is 5.91 Å². The first kappa shape index (κ1) is 13.7. The third-order valence-corrected chi connectivity index (χ3v) is 2.44. The van der Waals surface area contributed by atoms with Crippen molar-refractivity contribution in [2.45, 2.75) is 20.3 Å². The van der Waals surface area contributed by atoms with Crippen molar-refractivity contribution in [3.8, 4) is 0 Å². The average Bonchev–Trinajstić information content (AvgIpc) is 2.75. The molecular formula is C12H18N2O2S. The third kappa shape index (κ3) is 4.56. The number of carbonyl (C=O) groups excluding carboxylic acids is 1. The lowest BCUT2D eigenvalue weighted by atomic mass is 10.2. The number of nitrogens with zero attached hydrogens (tertiary/aromatic N) is 1. The number of rotatable bonds is 6. The van der Waals surface area contributed by atoms with Crippen LogP contribution in [0.5, 0.6) is 0 Å². The maximum Gasteiger partial charge on any atom is 0.289 e. The Morgan fingerprint density at radius 3 is 2.76 bits per heavy atom. The number of nitrogens with two attached hydrogens (primary N) is 1. The molecule has 1 rings (SSSR count). The molecule has 0 aliphatic rings. The lowest BCUT2D eigenvalue weighted by molar-refractivity contribution is 0.0709. The van der Waals surface area contributed by atoms with E-state index in [4.69, 9.17) is 22.4 Å². The molecular weight excluding hydrogens is 236 g/mol. The van der Waals surface area contributed by atoms with Crippen LogP contribution in [0.4, 0.5) is 0 Å². The predicted octanol–water partition coefficient (Wildman–Crippen LogP) is 2.05. The highest BCUT2D eigenvalue weighted by Gasteiger charge is 2.18. The van der Waals surface area contributed by atoms with Crippen LogP contribution in [0, 0.1) is 5.92 Å². The fourth-order valence-electron chi connectivity index (χ4n) is 1.52. The Morgan fingerprint density at radius 2 is 2.29 bits per heavy atom. The van der Waals surface area contributed by atoms with Gasteiger partial charge in [-0.05, 0) is 18.1 Å². The fourth-order valence-corrected chi connectivity index (χ4v) is 1.61. The van der Waals surface area contributed by atoms with Gasteiger partial charge in [0, 0.05) is 19.5 Å². The van der Waals surface area contributed by atoms with Crippen LogP contribution in [0.25, 0.3) is 0 Å². The van der Waals surface area contributed by atoms with Crippen molar-refractivity contribution >= 4 is 23.1 Å². The van der Waals surface area contributed by atoms with Crippen LogP contribution in [0.15, 0.2) is 22.8 Å². The molecule has 5 heteroatoms. The van der Waals surface area contributed by atoms with E-state index in [-0.39, 0.29) is 5.91 Å². The topological polar surface area (TPSA) is 59.5 Å². The number of carbonyl (C=O) groups is 1. The standard InChI is InChI=1S/C12H18N2O2S/c1-9(2)8-14(6-5-11(13)17)12(15)10-4-3-7-16-10/h3-4,7,9H,5-6,8H2,1-2H3,(H2,13,17). The predicted molar refractivity (Wildman–Crippen MR) is 70.9 cm³/mol. The molecule has 0 aromatic carbocycles. The molecule has 94 valence electrons. The SMILES string of the molecule is CC(C)CN(CCC(N)=S)C(=O)c1ccco1. The summed E-state index contributed by atoms with van der Waals surface area (Å²) in [5.74, 6) is 0.633. The Hall–Kier alpha value is -1.36. The van der Waals surface area contributed by atoms with Gasteiger partial charge in [-0.2, -0.15) is 0 Å². The molecule has 0 saturated heterocycles. The molecule has 0 aliphatic heterocycles. The maximum atomic E-state index is 12.1. The first-order valence-electron chi connectivity index (χ1n) is 5.61. The Bertz CT molecular complexity index is 374. The summed E-state index contributed by atoms with van der Waals surface area (Å²) in [6.45, 7) is 5.32. The van der Waals surface area contributed by atoms with Crippen LogP contribution in [0.1, 0.15) is 30.8 Å². The van der Waals surface area contributed by atoms with Crippen LogP contribution >= 0.6 is 12.2 Å². The summed E-state index contributed by atoms with van der Waals surface area (Å²) in [7, 11) is 0. The summed E-state index contributed by atoms with van der Waals surface area (Å²) < 4.78 is 5.11. The van der Waals surface area contributed by atoms with Crippen LogP contribution < -0.4 is 5.73 Å². The van der Waals surface area contributed by atoms with Gasteiger partial charge < -0.3 is 15.1 Å². The van der Waals surface area contributed by atoms with Crippen LogP contribution in [-0.4, -0.2) is 28.9 Å². The minimum absolute atomic E-state index is 0.111. The van der Waals surface area contributed by atoms with Crippen LogP contribution in [0.3, 0.4) is 0 Å². The molecule has 1 heterocycles. The van der Waals surface area contributed by atoms with Crippen molar-refractivity contribution in [3.63, 3.8) is 0 Å². The van der Waals surface area contributed by atoms with Gasteiger partial charge in [-0.1, -0.05) is 26.1 Å². The molecule has 1 aromatic rings. The van der Waals surface area contributed by atoms with Gasteiger partial charge in [0.2, 0.25) is 0 Å². The first-order valence-corrected chi connectivity index (χ1v) is 6.02. The second-order valence-corrected chi connectivity index (χ2v) is 4.86. The number of hydrogen-bond acceptors (Lipinski definition) is 3. The van der Waals surface area contributed by atoms with Crippen molar-refractivity contribution in [1.82, 2.24) is 4.90 Å². The van der Waals surface area contributed by atoms with Crippen molar-refractivity contribution in [2.75, 3.05) is 13.1 Å². The highest BCUT2D eigenvalue weighted by Crippen LogP contribution is 2.09. The molecule has 0 aliphatic carbocycles. The molecule has 0 bridgehead atoms. The van der Waals surface area contributed by atoms with Gasteiger partial charge in [0.05, 0.1) is 11.3 Å². The van der Waals surface area contributed by atoms with Gasteiger partial charge in [-0.3, -0.25) is 4.79 Å². The lowest BCUT2D eigenvalue weighted by Crippen LogP contribution is -2.36. The van der Waals surface area contributed by atoms with Gasteiger partial charge in [0.1, 0.15) is 0 Å². The number of amides is 1. The van der Waals surface area contributed by atoms with E-state index in [1.807, 2.05) is 0 Å². The molecule has 1 amide bonds. The zero-order chi connectivity index (χ0) is 12.8. The van der Waals surface area contributed by atoms with Gasteiger partial charge in [-0.15, -0.1) is 0 Å². The minimum atomic E-state index is -0.111. The van der Waals surface area contributed by atoms with E-state index in [1.165, 1.54) is 6.26 Å².